The van der Waals surface area contributed by atoms with Crippen LogP contribution in [-0.2, 0) is 4.79 Å². The molecule has 0 aromatic carbocycles. The Labute approximate surface area is 42.5 Å². The highest BCUT2D eigenvalue weighted by molar-refractivity contribution is 5.75. The van der Waals surface area contributed by atoms with Gasteiger partial charge in [0.1, 0.15) is 0 Å². The van der Waals surface area contributed by atoms with Crippen molar-refractivity contribution in [3.8, 4) is 0 Å². The molecule has 0 saturated heterocycles. The third-order valence-corrected chi connectivity index (χ3v) is 0.175. The fourth-order valence-corrected chi connectivity index (χ4v) is 0. The average molecular weight is 106 g/mol. The van der Waals surface area contributed by atoms with Crippen molar-refractivity contribution in [2.24, 2.45) is 5.73 Å². The highest BCUT2D eigenvalue weighted by Gasteiger charge is 1.81. The van der Waals surface area contributed by atoms with Gasteiger partial charge in [-0.2, -0.15) is 0 Å². The molecule has 0 aliphatic carbocycles. The van der Waals surface area contributed by atoms with E-state index in [1.165, 1.54) is 0 Å². The van der Waals surface area contributed by atoms with Crippen LogP contribution in [0.3, 0.4) is 0 Å². The van der Waals surface area contributed by atoms with Gasteiger partial charge in [0.05, 0.1) is 6.54 Å². The summed E-state index contributed by atoms with van der Waals surface area (Å²) in [7, 11) is 0. The minimum absolute atomic E-state index is 0. The molecule has 0 aliphatic rings. The predicted octanol–water partition coefficient (Wildman–Crippen LogP) is -1.20. The summed E-state index contributed by atoms with van der Waals surface area (Å²) in [6.07, 6.45) is 0. The molecular weight excluding hydrogens is 99.8 g/mol. The minimum atomic E-state index is -0.968. The first-order valence-electron chi connectivity index (χ1n) is 1.19. The molecule has 41 valence electrons. The monoisotopic (exact) mass is 106 g/mol. The number of aliphatic carboxylic acids is 1. The summed E-state index contributed by atoms with van der Waals surface area (Å²) in [5.74, 6) is -0.968. The molecule has 0 unspecified atom stereocenters. The largest absolute Gasteiger partial charge is 0.480 e. The number of carbonyl (C=O) groups is 1. The first-order chi connectivity index (χ1) is 2.27. The molecule has 0 fully saturated rings. The summed E-state index contributed by atoms with van der Waals surface area (Å²) in [6.45, 7) is -0.278. The second kappa shape index (κ2) is 9.06. The van der Waals surface area contributed by atoms with Crippen LogP contribution in [-0.4, -0.2) is 26.0 Å². The lowest BCUT2D eigenvalue weighted by molar-refractivity contribution is -0.135. The Balaban J connectivity index is -0.0000000800. The summed E-state index contributed by atoms with van der Waals surface area (Å²) in [5.41, 5.74) is 4.57. The van der Waals surface area contributed by atoms with E-state index in [1.54, 1.807) is 0 Å². The van der Waals surface area contributed by atoms with E-state index in [9.17, 15) is 4.79 Å². The molecule has 0 aromatic heterocycles. The molecule has 3 nitrogen and oxygen atoms in total. The van der Waals surface area contributed by atoms with Crippen LogP contribution < -0.4 is 5.73 Å². The van der Waals surface area contributed by atoms with E-state index in [4.69, 9.17) is 5.11 Å². The Morgan fingerprint density at radius 3 is 1.86 bits per heavy atom. The maximum Gasteiger partial charge on any atom is 0.317 e. The molecule has 0 atom stereocenters. The van der Waals surface area contributed by atoms with Crippen molar-refractivity contribution < 1.29 is 14.6 Å². The van der Waals surface area contributed by atoms with E-state index in [0.717, 1.165) is 0 Å². The van der Waals surface area contributed by atoms with Gasteiger partial charge < -0.3 is 10.8 Å². The molecule has 0 amide bonds. The Morgan fingerprint density at radius 2 is 1.86 bits per heavy atom. The maximum absolute atomic E-state index is 9.24. The number of nitrogens with two attached hydrogens (primary N) is 1. The Kier molecular flexibility index (Phi) is 20.9. The molecule has 0 heterocycles. The van der Waals surface area contributed by atoms with Crippen LogP contribution >= 0.6 is 0 Å². The van der Waals surface area contributed by atoms with Gasteiger partial charge in [-0.1, -0.05) is 0 Å². The van der Waals surface area contributed by atoms with Crippen molar-refractivity contribution in [3.63, 3.8) is 0 Å². The minimum Gasteiger partial charge on any atom is -0.480 e. The van der Waals surface area contributed by atoms with E-state index in [2.05, 4.69) is 5.73 Å². The fourth-order valence-electron chi connectivity index (χ4n) is 0. The third-order valence-electron chi connectivity index (χ3n) is 0.175. The number of carboxylic acids is 1. The third kappa shape index (κ3) is 31.3. The molecule has 0 spiro atoms. The number of hydrogen-bond acceptors (Lipinski definition) is 2. The molecule has 3 radical (unpaired) electrons. The van der Waals surface area contributed by atoms with Gasteiger partial charge in [-0.05, 0) is 0 Å². The van der Waals surface area contributed by atoms with E-state index >= 15 is 0 Å². The van der Waals surface area contributed by atoms with E-state index in [-0.39, 0.29) is 19.7 Å². The topological polar surface area (TPSA) is 63.3 Å². The first-order valence-corrected chi connectivity index (χ1v) is 1.19. The van der Waals surface area contributed by atoms with Crippen LogP contribution in [0, 0.1) is 0 Å². The second-order valence-electron chi connectivity index (χ2n) is 0.598. The van der Waals surface area contributed by atoms with Crippen LogP contribution in [0.25, 0.3) is 0 Å². The Hall–Kier alpha value is -0.575. The van der Waals surface area contributed by atoms with Gasteiger partial charge in [0.25, 0.3) is 0 Å². The summed E-state index contributed by atoms with van der Waals surface area (Å²) in [6, 6.07) is 0. The predicted molar refractivity (Wildman–Crippen MR) is 24.9 cm³/mol. The molecule has 5 heteroatoms. The van der Waals surface area contributed by atoms with Gasteiger partial charge in [0.15, 0.2) is 0 Å². The lowest BCUT2D eigenvalue weighted by atomic mass is 10.7. The van der Waals surface area contributed by atoms with Crippen LogP contribution in [0.15, 0.2) is 0 Å². The molecular formula is C2H6BFNO2. The lowest BCUT2D eigenvalue weighted by Gasteiger charge is -1.73. The van der Waals surface area contributed by atoms with E-state index in [1.807, 2.05) is 0 Å². The zero-order valence-corrected chi connectivity index (χ0v) is 3.63. The van der Waals surface area contributed by atoms with Crippen LogP contribution in [0.1, 0.15) is 0 Å². The van der Waals surface area contributed by atoms with Gasteiger partial charge in [0.2, 0.25) is 0 Å². The van der Waals surface area contributed by atoms with E-state index < -0.39 is 5.97 Å². The standard InChI is InChI=1S/C2H5NO2.B.FH/c3-1-2(4)5;;/h1,3H2,(H,4,5);;1H. The molecule has 0 rings (SSSR count). The summed E-state index contributed by atoms with van der Waals surface area (Å²) in [5, 5.41) is 7.60. The highest BCUT2D eigenvalue weighted by Crippen LogP contribution is 1.43. The van der Waals surface area contributed by atoms with Crippen molar-refractivity contribution >= 4 is 14.4 Å². The molecule has 0 aromatic rings. The van der Waals surface area contributed by atoms with Crippen molar-refractivity contribution in [1.82, 2.24) is 0 Å². The number of hydrogen-bond donors (Lipinski definition) is 2. The van der Waals surface area contributed by atoms with Crippen molar-refractivity contribution in [2.45, 2.75) is 0 Å². The Bertz CT molecular complexity index is 51.0. The fraction of sp³-hybridized carbons (Fsp3) is 0.500. The van der Waals surface area contributed by atoms with Crippen molar-refractivity contribution in [2.75, 3.05) is 6.54 Å². The van der Waals surface area contributed by atoms with Crippen molar-refractivity contribution in [3.05, 3.63) is 0 Å². The summed E-state index contributed by atoms with van der Waals surface area (Å²) < 4.78 is 0. The second-order valence-corrected chi connectivity index (χ2v) is 0.598. The number of rotatable bonds is 1. The first kappa shape index (κ1) is 16.1. The van der Waals surface area contributed by atoms with Gasteiger partial charge in [-0.15, -0.1) is 0 Å². The maximum atomic E-state index is 9.24. The smallest absolute Gasteiger partial charge is 0.317 e. The van der Waals surface area contributed by atoms with Crippen molar-refractivity contribution in [1.29, 1.82) is 0 Å². The quantitative estimate of drug-likeness (QED) is 0.412. The van der Waals surface area contributed by atoms with Gasteiger partial charge in [-0.25, -0.2) is 0 Å². The van der Waals surface area contributed by atoms with Gasteiger partial charge >= 0.3 is 5.97 Å². The molecule has 0 saturated carbocycles. The zero-order chi connectivity index (χ0) is 4.28. The lowest BCUT2D eigenvalue weighted by Crippen LogP contribution is -2.10. The average Bonchev–Trinajstić information content (AvgIpc) is 1.38. The molecule has 0 aliphatic heterocycles. The normalized spacial score (nSPS) is 5.29. The number of carboxylic acid groups (broad SMARTS) is 1. The SMILES string of the molecule is F.NCC(=O)O.[B]. The van der Waals surface area contributed by atoms with E-state index in [0.29, 0.717) is 0 Å². The highest BCUT2D eigenvalue weighted by atomic mass is 19.0. The van der Waals surface area contributed by atoms with Crippen LogP contribution in [0.5, 0.6) is 0 Å². The number of halogens is 1. The van der Waals surface area contributed by atoms with Crippen LogP contribution in [0.4, 0.5) is 4.70 Å². The zero-order valence-electron chi connectivity index (χ0n) is 3.63. The molecule has 7 heavy (non-hydrogen) atoms. The summed E-state index contributed by atoms with van der Waals surface area (Å²) >= 11 is 0. The molecule has 3 N–H and O–H groups in total. The van der Waals surface area contributed by atoms with Gasteiger partial charge in [-0.3, -0.25) is 9.50 Å². The van der Waals surface area contributed by atoms with Gasteiger partial charge in [0, 0.05) is 8.41 Å². The Morgan fingerprint density at radius 1 is 1.71 bits per heavy atom. The molecule has 0 bridgehead atoms. The summed E-state index contributed by atoms with van der Waals surface area (Å²) in [4.78, 5) is 9.24. The van der Waals surface area contributed by atoms with Crippen LogP contribution in [0.2, 0.25) is 0 Å².